The van der Waals surface area contributed by atoms with Crippen molar-refractivity contribution in [1.29, 1.82) is 0 Å². The van der Waals surface area contributed by atoms with Gasteiger partial charge in [0.1, 0.15) is 0 Å². The minimum absolute atomic E-state index is 0.000535. The van der Waals surface area contributed by atoms with E-state index in [0.717, 1.165) is 12.0 Å². The molecule has 7 nitrogen and oxygen atoms in total. The van der Waals surface area contributed by atoms with Gasteiger partial charge in [-0.05, 0) is 12.0 Å². The summed E-state index contributed by atoms with van der Waals surface area (Å²) in [6, 6.07) is 8.91. The molecule has 0 spiro atoms. The van der Waals surface area contributed by atoms with Crippen LogP contribution in [0.4, 0.5) is 0 Å². The number of ether oxygens (including phenoxy) is 1. The third-order valence-corrected chi connectivity index (χ3v) is 4.77. The molecule has 0 radical (unpaired) electrons. The minimum atomic E-state index is -1.07. The first-order valence-electron chi connectivity index (χ1n) is 8.49. The number of aliphatic carboxylic acids is 1. The highest BCUT2D eigenvalue weighted by Gasteiger charge is 2.40. The van der Waals surface area contributed by atoms with E-state index in [0.29, 0.717) is 19.7 Å². The normalized spacial score (nSPS) is 23.8. The molecule has 0 saturated carbocycles. The summed E-state index contributed by atoms with van der Waals surface area (Å²) in [6.07, 6.45) is 0.889. The SMILES string of the molecule is O=C(O)[C@@H]1COCCN1C(=O)[C@H]1CC(=O)N(CCc2ccccc2)C1. The molecule has 0 unspecified atom stereocenters. The van der Waals surface area contributed by atoms with Gasteiger partial charge in [-0.3, -0.25) is 9.59 Å². The maximum absolute atomic E-state index is 12.7. The molecule has 0 aromatic heterocycles. The van der Waals surface area contributed by atoms with E-state index in [2.05, 4.69) is 0 Å². The highest BCUT2D eigenvalue weighted by atomic mass is 16.5. The average Bonchev–Trinajstić information content (AvgIpc) is 3.01. The fraction of sp³-hybridized carbons (Fsp3) is 0.500. The quantitative estimate of drug-likeness (QED) is 0.833. The zero-order valence-electron chi connectivity index (χ0n) is 14.0. The van der Waals surface area contributed by atoms with Crippen molar-refractivity contribution in [2.24, 2.45) is 5.92 Å². The maximum atomic E-state index is 12.7. The van der Waals surface area contributed by atoms with Crippen LogP contribution in [0, 0.1) is 5.92 Å². The van der Waals surface area contributed by atoms with E-state index in [9.17, 15) is 19.5 Å². The molecule has 7 heteroatoms. The van der Waals surface area contributed by atoms with Crippen molar-refractivity contribution in [3.05, 3.63) is 35.9 Å². The number of carbonyl (C=O) groups excluding carboxylic acids is 2. The molecule has 2 fully saturated rings. The predicted molar refractivity (Wildman–Crippen MR) is 88.8 cm³/mol. The Morgan fingerprint density at radius 1 is 1.24 bits per heavy atom. The van der Waals surface area contributed by atoms with Crippen LogP contribution in [0.2, 0.25) is 0 Å². The van der Waals surface area contributed by atoms with Gasteiger partial charge in [-0.1, -0.05) is 30.3 Å². The summed E-state index contributed by atoms with van der Waals surface area (Å²) in [4.78, 5) is 39.3. The van der Waals surface area contributed by atoms with Gasteiger partial charge < -0.3 is 19.6 Å². The number of rotatable bonds is 5. The van der Waals surface area contributed by atoms with E-state index < -0.39 is 17.9 Å². The van der Waals surface area contributed by atoms with Crippen molar-refractivity contribution in [2.75, 3.05) is 32.8 Å². The monoisotopic (exact) mass is 346 g/mol. The summed E-state index contributed by atoms with van der Waals surface area (Å²) in [5.41, 5.74) is 1.14. The summed E-state index contributed by atoms with van der Waals surface area (Å²) < 4.78 is 5.16. The number of amides is 2. The molecule has 2 aliphatic heterocycles. The average molecular weight is 346 g/mol. The van der Waals surface area contributed by atoms with Crippen LogP contribution in [0.1, 0.15) is 12.0 Å². The molecule has 0 aliphatic carbocycles. The molecule has 2 aliphatic rings. The van der Waals surface area contributed by atoms with Crippen molar-refractivity contribution in [3.8, 4) is 0 Å². The highest BCUT2D eigenvalue weighted by molar-refractivity contribution is 5.91. The van der Waals surface area contributed by atoms with Crippen LogP contribution in [0.25, 0.3) is 0 Å². The van der Waals surface area contributed by atoms with E-state index in [-0.39, 0.29) is 31.4 Å². The first kappa shape index (κ1) is 17.4. The van der Waals surface area contributed by atoms with Crippen LogP contribution >= 0.6 is 0 Å². The number of likely N-dealkylation sites (tertiary alicyclic amines) is 1. The van der Waals surface area contributed by atoms with Crippen molar-refractivity contribution < 1.29 is 24.2 Å². The smallest absolute Gasteiger partial charge is 0.328 e. The fourth-order valence-electron chi connectivity index (χ4n) is 3.37. The van der Waals surface area contributed by atoms with Gasteiger partial charge in [0, 0.05) is 26.1 Å². The standard InChI is InChI=1S/C18H22N2O5/c21-16-10-14(11-19(16)7-6-13-4-2-1-3-5-13)17(22)20-8-9-25-12-15(20)18(23)24/h1-5,14-15H,6-12H2,(H,23,24)/t14-,15-/m0/s1. The Bertz CT molecular complexity index is 648. The van der Waals surface area contributed by atoms with Crippen LogP contribution in [-0.2, 0) is 25.5 Å². The van der Waals surface area contributed by atoms with Gasteiger partial charge in [-0.15, -0.1) is 0 Å². The molecular formula is C18H22N2O5. The van der Waals surface area contributed by atoms with Crippen LogP contribution in [0.3, 0.4) is 0 Å². The summed E-state index contributed by atoms with van der Waals surface area (Å²) in [5, 5.41) is 9.26. The lowest BCUT2D eigenvalue weighted by Crippen LogP contribution is -2.54. The Kier molecular flexibility index (Phi) is 5.33. The molecular weight excluding hydrogens is 324 g/mol. The molecule has 2 amide bonds. The summed E-state index contributed by atoms with van der Waals surface area (Å²) in [7, 11) is 0. The summed E-state index contributed by atoms with van der Waals surface area (Å²) in [5.74, 6) is -1.85. The number of carboxylic acids is 1. The Hall–Kier alpha value is -2.41. The lowest BCUT2D eigenvalue weighted by Gasteiger charge is -2.34. The number of morpholine rings is 1. The Labute approximate surface area is 146 Å². The topological polar surface area (TPSA) is 87.1 Å². The van der Waals surface area contributed by atoms with E-state index in [4.69, 9.17) is 4.74 Å². The molecule has 2 saturated heterocycles. The minimum Gasteiger partial charge on any atom is -0.480 e. The first-order chi connectivity index (χ1) is 12.1. The van der Waals surface area contributed by atoms with Crippen LogP contribution in [0.15, 0.2) is 30.3 Å². The molecule has 2 heterocycles. The first-order valence-corrected chi connectivity index (χ1v) is 8.49. The van der Waals surface area contributed by atoms with Gasteiger partial charge in [0.2, 0.25) is 11.8 Å². The van der Waals surface area contributed by atoms with Crippen molar-refractivity contribution >= 4 is 17.8 Å². The molecule has 3 rings (SSSR count). The van der Waals surface area contributed by atoms with Gasteiger partial charge >= 0.3 is 5.97 Å². The number of carbonyl (C=O) groups is 3. The highest BCUT2D eigenvalue weighted by Crippen LogP contribution is 2.22. The van der Waals surface area contributed by atoms with Crippen LogP contribution in [0.5, 0.6) is 0 Å². The van der Waals surface area contributed by atoms with E-state index in [1.54, 1.807) is 4.90 Å². The van der Waals surface area contributed by atoms with E-state index >= 15 is 0 Å². The summed E-state index contributed by atoms with van der Waals surface area (Å²) in [6.45, 7) is 1.50. The number of carboxylic acid groups (broad SMARTS) is 1. The number of benzene rings is 1. The van der Waals surface area contributed by atoms with Gasteiger partial charge in [-0.2, -0.15) is 0 Å². The van der Waals surface area contributed by atoms with Crippen LogP contribution < -0.4 is 0 Å². The largest absolute Gasteiger partial charge is 0.480 e. The number of hydrogen-bond acceptors (Lipinski definition) is 4. The number of hydrogen-bond donors (Lipinski definition) is 1. The molecule has 1 aromatic rings. The van der Waals surface area contributed by atoms with Crippen molar-refractivity contribution in [3.63, 3.8) is 0 Å². The molecule has 1 aromatic carbocycles. The lowest BCUT2D eigenvalue weighted by atomic mass is 10.1. The summed E-state index contributed by atoms with van der Waals surface area (Å²) >= 11 is 0. The molecule has 134 valence electrons. The molecule has 0 bridgehead atoms. The van der Waals surface area contributed by atoms with Gasteiger partial charge in [0.15, 0.2) is 6.04 Å². The van der Waals surface area contributed by atoms with Crippen molar-refractivity contribution in [1.82, 2.24) is 9.80 Å². The lowest BCUT2D eigenvalue weighted by molar-refractivity contribution is -0.160. The second-order valence-electron chi connectivity index (χ2n) is 6.44. The zero-order valence-corrected chi connectivity index (χ0v) is 14.0. The zero-order chi connectivity index (χ0) is 17.8. The van der Waals surface area contributed by atoms with Gasteiger partial charge in [0.25, 0.3) is 0 Å². The predicted octanol–water partition coefficient (Wildman–Crippen LogP) is 0.390. The number of nitrogens with zero attached hydrogens (tertiary/aromatic N) is 2. The molecule has 1 N–H and O–H groups in total. The van der Waals surface area contributed by atoms with Crippen molar-refractivity contribution in [2.45, 2.75) is 18.9 Å². The Balaban J connectivity index is 1.59. The third kappa shape index (κ3) is 3.99. The van der Waals surface area contributed by atoms with E-state index in [1.165, 1.54) is 4.90 Å². The molecule has 2 atom stereocenters. The van der Waals surface area contributed by atoms with E-state index in [1.807, 2.05) is 30.3 Å². The van der Waals surface area contributed by atoms with Gasteiger partial charge in [-0.25, -0.2) is 4.79 Å². The van der Waals surface area contributed by atoms with Crippen LogP contribution in [-0.4, -0.2) is 71.6 Å². The maximum Gasteiger partial charge on any atom is 0.328 e. The fourth-order valence-corrected chi connectivity index (χ4v) is 3.37. The Morgan fingerprint density at radius 2 is 2.00 bits per heavy atom. The van der Waals surface area contributed by atoms with Gasteiger partial charge in [0.05, 0.1) is 19.1 Å². The third-order valence-electron chi connectivity index (χ3n) is 4.77. The second kappa shape index (κ2) is 7.65. The molecule has 25 heavy (non-hydrogen) atoms. The second-order valence-corrected chi connectivity index (χ2v) is 6.44. The Morgan fingerprint density at radius 3 is 2.72 bits per heavy atom.